The monoisotopic (exact) mass is 457 g/mol. The van der Waals surface area contributed by atoms with Crippen molar-refractivity contribution in [1.82, 2.24) is 4.90 Å². The lowest BCUT2D eigenvalue weighted by Gasteiger charge is -2.32. The number of alkyl halides is 3. The summed E-state index contributed by atoms with van der Waals surface area (Å²) in [7, 11) is -0.869. The van der Waals surface area contributed by atoms with Gasteiger partial charge in [-0.1, -0.05) is 6.07 Å². The molecule has 0 aromatic heterocycles. The summed E-state index contributed by atoms with van der Waals surface area (Å²) in [5.74, 6) is -0.389. The molecule has 0 atom stereocenters. The highest BCUT2D eigenvalue weighted by Gasteiger charge is 2.52. The predicted octanol–water partition coefficient (Wildman–Crippen LogP) is 4.78. The van der Waals surface area contributed by atoms with Crippen LogP contribution in [-0.4, -0.2) is 47.3 Å². The fourth-order valence-electron chi connectivity index (χ4n) is 3.33. The van der Waals surface area contributed by atoms with Crippen LogP contribution in [-0.2, 0) is 20.6 Å². The van der Waals surface area contributed by atoms with Gasteiger partial charge in [-0.15, -0.1) is 13.2 Å². The van der Waals surface area contributed by atoms with Crippen LogP contribution in [0.1, 0.15) is 66.9 Å². The molecule has 1 aromatic rings. The van der Waals surface area contributed by atoms with E-state index in [0.717, 1.165) is 12.8 Å². The smallest absolute Gasteiger partial charge is 0.444 e. The van der Waals surface area contributed by atoms with Gasteiger partial charge in [0, 0.05) is 12.6 Å². The Morgan fingerprint density at radius 2 is 1.66 bits per heavy atom. The Hall–Kier alpha value is -1.94. The first kappa shape index (κ1) is 24.7. The molecule has 1 aliphatic heterocycles. The van der Waals surface area contributed by atoms with Crippen LogP contribution in [0.4, 0.5) is 18.0 Å². The molecular weight excluding hydrogens is 426 g/mol. The van der Waals surface area contributed by atoms with E-state index in [0.29, 0.717) is 11.0 Å². The SMILES string of the molecule is CC(C)(C)OC(=O)N(Cc1cc(OC(F)(F)F)cc(B2OC(C)(C)C(C)(C)O2)c1)C1CC1. The van der Waals surface area contributed by atoms with Gasteiger partial charge in [0.1, 0.15) is 11.4 Å². The zero-order valence-electron chi connectivity index (χ0n) is 19.6. The van der Waals surface area contributed by atoms with E-state index in [1.54, 1.807) is 31.7 Å². The summed E-state index contributed by atoms with van der Waals surface area (Å²) in [6.45, 7) is 12.8. The van der Waals surface area contributed by atoms with Crippen molar-refractivity contribution in [2.75, 3.05) is 0 Å². The lowest BCUT2D eigenvalue weighted by molar-refractivity contribution is -0.274. The number of hydrogen-bond donors (Lipinski definition) is 0. The molecule has 1 saturated heterocycles. The molecular formula is C22H31BF3NO5. The molecule has 1 saturated carbocycles. The number of ether oxygens (including phenoxy) is 2. The molecule has 1 aromatic carbocycles. The van der Waals surface area contributed by atoms with Gasteiger partial charge in [0.05, 0.1) is 11.2 Å². The standard InChI is InChI=1S/C22H31BF3NO5/c1-19(2,3)30-18(28)27(16-8-9-16)13-14-10-15(12-17(11-14)29-22(24,25)26)23-31-20(4,5)21(6,7)32-23/h10-12,16H,8-9,13H2,1-7H3. The van der Waals surface area contributed by atoms with Crippen molar-refractivity contribution in [3.63, 3.8) is 0 Å². The summed E-state index contributed by atoms with van der Waals surface area (Å²) >= 11 is 0. The molecule has 1 amide bonds. The quantitative estimate of drug-likeness (QED) is 0.596. The first-order valence-electron chi connectivity index (χ1n) is 10.7. The van der Waals surface area contributed by atoms with Gasteiger partial charge in [-0.25, -0.2) is 4.79 Å². The normalized spacial score (nSPS) is 20.2. The molecule has 0 unspecified atom stereocenters. The fourth-order valence-corrected chi connectivity index (χ4v) is 3.33. The van der Waals surface area contributed by atoms with Gasteiger partial charge in [0.25, 0.3) is 0 Å². The van der Waals surface area contributed by atoms with E-state index in [-0.39, 0.29) is 18.3 Å². The number of carbonyl (C=O) groups is 1. The van der Waals surface area contributed by atoms with E-state index in [1.807, 2.05) is 27.7 Å². The Morgan fingerprint density at radius 3 is 2.12 bits per heavy atom. The van der Waals surface area contributed by atoms with Crippen molar-refractivity contribution in [1.29, 1.82) is 0 Å². The van der Waals surface area contributed by atoms with Gasteiger partial charge in [-0.3, -0.25) is 0 Å². The van der Waals surface area contributed by atoms with Gasteiger partial charge < -0.3 is 23.7 Å². The predicted molar refractivity (Wildman–Crippen MR) is 114 cm³/mol. The second kappa shape index (κ2) is 8.13. The highest BCUT2D eigenvalue weighted by molar-refractivity contribution is 6.62. The summed E-state index contributed by atoms with van der Waals surface area (Å²) in [4.78, 5) is 14.3. The molecule has 2 aliphatic rings. The number of benzene rings is 1. The molecule has 178 valence electrons. The average molecular weight is 457 g/mol. The Labute approximate surface area is 187 Å². The molecule has 1 heterocycles. The minimum atomic E-state index is -4.85. The number of amides is 1. The third-order valence-electron chi connectivity index (χ3n) is 5.72. The summed E-state index contributed by atoms with van der Waals surface area (Å²) in [5, 5.41) is 0. The minimum Gasteiger partial charge on any atom is -0.444 e. The van der Waals surface area contributed by atoms with Crippen LogP contribution in [0.25, 0.3) is 0 Å². The first-order valence-corrected chi connectivity index (χ1v) is 10.7. The zero-order valence-corrected chi connectivity index (χ0v) is 19.6. The van der Waals surface area contributed by atoms with Gasteiger partial charge in [0.15, 0.2) is 0 Å². The fraction of sp³-hybridized carbons (Fsp3) is 0.682. The molecule has 10 heteroatoms. The van der Waals surface area contributed by atoms with Crippen molar-refractivity contribution >= 4 is 18.7 Å². The van der Waals surface area contributed by atoms with Crippen LogP contribution in [0, 0.1) is 0 Å². The summed E-state index contributed by atoms with van der Waals surface area (Å²) < 4.78 is 60.6. The van der Waals surface area contributed by atoms with Crippen LogP contribution < -0.4 is 10.2 Å². The lowest BCUT2D eigenvalue weighted by Crippen LogP contribution is -2.41. The van der Waals surface area contributed by atoms with Crippen molar-refractivity contribution in [3.8, 4) is 5.75 Å². The topological polar surface area (TPSA) is 57.2 Å². The maximum Gasteiger partial charge on any atom is 0.573 e. The number of carbonyl (C=O) groups excluding carboxylic acids is 1. The first-order chi connectivity index (χ1) is 14.5. The number of hydrogen-bond acceptors (Lipinski definition) is 5. The Kier molecular flexibility index (Phi) is 6.28. The Bertz CT molecular complexity index is 846. The van der Waals surface area contributed by atoms with Crippen LogP contribution in [0.5, 0.6) is 5.75 Å². The van der Waals surface area contributed by atoms with E-state index >= 15 is 0 Å². The number of nitrogens with zero attached hydrogens (tertiary/aromatic N) is 1. The lowest BCUT2D eigenvalue weighted by atomic mass is 9.78. The van der Waals surface area contributed by atoms with Crippen molar-refractivity contribution in [2.24, 2.45) is 0 Å². The average Bonchev–Trinajstić information content (AvgIpc) is 3.36. The zero-order chi connectivity index (χ0) is 24.1. The summed E-state index contributed by atoms with van der Waals surface area (Å²) in [5.41, 5.74) is -1.14. The van der Waals surface area contributed by atoms with Gasteiger partial charge in [-0.2, -0.15) is 0 Å². The van der Waals surface area contributed by atoms with Crippen molar-refractivity contribution < 1.29 is 36.7 Å². The molecule has 0 bridgehead atoms. The van der Waals surface area contributed by atoms with E-state index in [2.05, 4.69) is 4.74 Å². The summed E-state index contributed by atoms with van der Waals surface area (Å²) in [6.07, 6.45) is -3.71. The Morgan fingerprint density at radius 1 is 1.09 bits per heavy atom. The largest absolute Gasteiger partial charge is 0.573 e. The molecule has 0 spiro atoms. The highest BCUT2D eigenvalue weighted by atomic mass is 19.4. The maximum atomic E-state index is 13.0. The maximum absolute atomic E-state index is 13.0. The second-order valence-corrected chi connectivity index (χ2v) is 10.4. The van der Waals surface area contributed by atoms with Crippen LogP contribution in [0.15, 0.2) is 18.2 Å². The number of halogens is 3. The Balaban J connectivity index is 1.92. The molecule has 0 radical (unpaired) electrons. The van der Waals surface area contributed by atoms with Gasteiger partial charge >= 0.3 is 19.6 Å². The van der Waals surface area contributed by atoms with Crippen LogP contribution in [0.2, 0.25) is 0 Å². The molecule has 2 fully saturated rings. The highest BCUT2D eigenvalue weighted by Crippen LogP contribution is 2.37. The number of rotatable bonds is 5. The molecule has 32 heavy (non-hydrogen) atoms. The van der Waals surface area contributed by atoms with Gasteiger partial charge in [0.2, 0.25) is 0 Å². The van der Waals surface area contributed by atoms with E-state index in [4.69, 9.17) is 14.0 Å². The van der Waals surface area contributed by atoms with Crippen molar-refractivity contribution in [3.05, 3.63) is 23.8 Å². The van der Waals surface area contributed by atoms with Crippen LogP contribution in [0.3, 0.4) is 0 Å². The van der Waals surface area contributed by atoms with E-state index in [1.165, 1.54) is 12.1 Å². The van der Waals surface area contributed by atoms with E-state index in [9.17, 15) is 18.0 Å². The molecule has 3 rings (SSSR count). The van der Waals surface area contributed by atoms with E-state index < -0.39 is 36.4 Å². The second-order valence-electron chi connectivity index (χ2n) is 10.4. The van der Waals surface area contributed by atoms with Crippen molar-refractivity contribution in [2.45, 2.75) is 97.1 Å². The minimum absolute atomic E-state index is 0.00246. The third kappa shape index (κ3) is 6.10. The molecule has 6 nitrogen and oxygen atoms in total. The molecule has 0 N–H and O–H groups in total. The third-order valence-corrected chi connectivity index (χ3v) is 5.72. The van der Waals surface area contributed by atoms with Gasteiger partial charge in [-0.05, 0) is 84.5 Å². The molecule has 1 aliphatic carbocycles. The van der Waals surface area contributed by atoms with Crippen LogP contribution >= 0.6 is 0 Å². The summed E-state index contributed by atoms with van der Waals surface area (Å²) in [6, 6.07) is 4.22.